The van der Waals surface area contributed by atoms with Gasteiger partial charge in [0.05, 0.1) is 0 Å². The third kappa shape index (κ3) is 4.65. The van der Waals surface area contributed by atoms with Crippen molar-refractivity contribution in [3.63, 3.8) is 0 Å². The Bertz CT molecular complexity index is 506. The highest BCUT2D eigenvalue weighted by molar-refractivity contribution is 6.31. The van der Waals surface area contributed by atoms with Crippen LogP contribution >= 0.6 is 36.4 Å². The molecule has 1 atom stereocenters. The van der Waals surface area contributed by atoms with E-state index in [1.54, 1.807) is 6.07 Å². The Labute approximate surface area is 159 Å². The van der Waals surface area contributed by atoms with Crippen molar-refractivity contribution >= 4 is 36.4 Å². The molecular formula is C16H24Cl3FN2O2. The predicted octanol–water partition coefficient (Wildman–Crippen LogP) is 3.40. The van der Waals surface area contributed by atoms with Crippen molar-refractivity contribution in [2.45, 2.75) is 18.9 Å². The highest BCUT2D eigenvalue weighted by Crippen LogP contribution is 2.43. The maximum atomic E-state index is 13.9. The quantitative estimate of drug-likeness (QED) is 0.815. The van der Waals surface area contributed by atoms with Gasteiger partial charge in [0.1, 0.15) is 0 Å². The molecule has 0 amide bonds. The highest BCUT2D eigenvalue weighted by Gasteiger charge is 2.35. The van der Waals surface area contributed by atoms with E-state index in [-0.39, 0.29) is 36.6 Å². The monoisotopic (exact) mass is 400 g/mol. The first-order chi connectivity index (χ1) is 10.7. The molecule has 0 saturated carbocycles. The summed E-state index contributed by atoms with van der Waals surface area (Å²) in [6.07, 6.45) is 1.81. The van der Waals surface area contributed by atoms with Crippen LogP contribution in [-0.4, -0.2) is 49.4 Å². The Morgan fingerprint density at radius 1 is 1.21 bits per heavy atom. The zero-order valence-electron chi connectivity index (χ0n) is 13.3. The van der Waals surface area contributed by atoms with Crippen LogP contribution in [0.3, 0.4) is 0 Å². The summed E-state index contributed by atoms with van der Waals surface area (Å²) in [4.78, 5) is 2.31. The van der Waals surface area contributed by atoms with Crippen LogP contribution in [0.15, 0.2) is 12.1 Å². The van der Waals surface area contributed by atoms with E-state index in [0.29, 0.717) is 29.7 Å². The van der Waals surface area contributed by atoms with Crippen molar-refractivity contribution in [3.8, 4) is 5.75 Å². The minimum Gasteiger partial charge on any atom is -0.505 e. The second-order valence-corrected chi connectivity index (χ2v) is 6.38. The fourth-order valence-corrected chi connectivity index (χ4v) is 3.81. The van der Waals surface area contributed by atoms with Crippen LogP contribution in [0.5, 0.6) is 5.75 Å². The van der Waals surface area contributed by atoms with Crippen LogP contribution < -0.4 is 5.32 Å². The maximum Gasteiger partial charge on any atom is 0.165 e. The third-order valence-corrected chi connectivity index (χ3v) is 5.00. The first-order valence-electron chi connectivity index (χ1n) is 7.88. The van der Waals surface area contributed by atoms with Gasteiger partial charge in [-0.1, -0.05) is 11.6 Å². The molecule has 0 radical (unpaired) electrons. The SMILES string of the molecule is Cl.Cl.Oc1c(F)ccc(Cl)c1[C@H](C1CCOCC1)N1CCNCC1. The van der Waals surface area contributed by atoms with Crippen LogP contribution in [0, 0.1) is 11.7 Å². The maximum absolute atomic E-state index is 13.9. The standard InChI is InChI=1S/C16H22ClFN2O2.2ClH/c17-12-1-2-13(18)16(21)14(12)15(11-3-9-22-10-4-11)20-7-5-19-6-8-20;;/h1-2,11,15,19,21H,3-10H2;2*1H/t15-;;/m0../s1. The summed E-state index contributed by atoms with van der Waals surface area (Å²) < 4.78 is 19.3. The van der Waals surface area contributed by atoms with Gasteiger partial charge in [-0.3, -0.25) is 4.90 Å². The largest absolute Gasteiger partial charge is 0.505 e. The molecule has 0 aliphatic carbocycles. The van der Waals surface area contributed by atoms with Gasteiger partial charge in [-0.25, -0.2) is 4.39 Å². The molecule has 24 heavy (non-hydrogen) atoms. The molecule has 8 heteroatoms. The van der Waals surface area contributed by atoms with Gasteiger partial charge in [0, 0.05) is 56.0 Å². The lowest BCUT2D eigenvalue weighted by Crippen LogP contribution is -2.47. The van der Waals surface area contributed by atoms with Crippen molar-refractivity contribution in [2.75, 3.05) is 39.4 Å². The number of piperazine rings is 1. The number of hydrogen-bond acceptors (Lipinski definition) is 4. The molecule has 0 unspecified atom stereocenters. The Balaban J connectivity index is 0.00000144. The molecule has 2 aliphatic heterocycles. The van der Waals surface area contributed by atoms with E-state index in [0.717, 1.165) is 39.0 Å². The summed E-state index contributed by atoms with van der Waals surface area (Å²) in [7, 11) is 0. The van der Waals surface area contributed by atoms with Crippen LogP contribution in [0.2, 0.25) is 5.02 Å². The van der Waals surface area contributed by atoms with E-state index >= 15 is 0 Å². The van der Waals surface area contributed by atoms with Gasteiger partial charge in [-0.05, 0) is 30.9 Å². The zero-order valence-corrected chi connectivity index (χ0v) is 15.7. The molecule has 1 aromatic carbocycles. The van der Waals surface area contributed by atoms with Crippen LogP contribution in [0.1, 0.15) is 24.4 Å². The summed E-state index contributed by atoms with van der Waals surface area (Å²) in [6, 6.07) is 2.70. The topological polar surface area (TPSA) is 44.7 Å². The molecular weight excluding hydrogens is 378 g/mol. The molecule has 2 heterocycles. The molecule has 2 saturated heterocycles. The normalized spacial score (nSPS) is 20.8. The number of phenols is 1. The Morgan fingerprint density at radius 3 is 2.46 bits per heavy atom. The molecule has 3 rings (SSSR count). The molecule has 4 nitrogen and oxygen atoms in total. The Kier molecular flexibility index (Phi) is 9.06. The number of rotatable bonds is 3. The fraction of sp³-hybridized carbons (Fsp3) is 0.625. The summed E-state index contributed by atoms with van der Waals surface area (Å²) in [5.41, 5.74) is 0.537. The molecule has 2 aliphatic rings. The van der Waals surface area contributed by atoms with Gasteiger partial charge in [-0.15, -0.1) is 24.8 Å². The molecule has 2 N–H and O–H groups in total. The van der Waals surface area contributed by atoms with Gasteiger partial charge < -0.3 is 15.2 Å². The average molecular weight is 402 g/mol. The van der Waals surface area contributed by atoms with Gasteiger partial charge in [0.2, 0.25) is 0 Å². The summed E-state index contributed by atoms with van der Waals surface area (Å²) in [5, 5.41) is 14.0. The number of halogens is 4. The van der Waals surface area contributed by atoms with Gasteiger partial charge >= 0.3 is 0 Å². The first kappa shape index (κ1) is 21.7. The number of phenolic OH excluding ortho intramolecular Hbond substituents is 1. The van der Waals surface area contributed by atoms with E-state index in [1.807, 2.05) is 0 Å². The summed E-state index contributed by atoms with van der Waals surface area (Å²) in [5.74, 6) is -0.592. The molecule has 1 aromatic rings. The van der Waals surface area contributed by atoms with Crippen LogP contribution in [-0.2, 0) is 4.74 Å². The smallest absolute Gasteiger partial charge is 0.165 e. The summed E-state index contributed by atoms with van der Waals surface area (Å²) in [6.45, 7) is 4.95. The van der Waals surface area contributed by atoms with Crippen LogP contribution in [0.4, 0.5) is 4.39 Å². The Hall–Kier alpha value is -0.300. The first-order valence-corrected chi connectivity index (χ1v) is 8.25. The van der Waals surface area contributed by atoms with E-state index in [1.165, 1.54) is 6.07 Å². The van der Waals surface area contributed by atoms with E-state index < -0.39 is 5.82 Å². The molecule has 2 fully saturated rings. The number of nitrogens with zero attached hydrogens (tertiary/aromatic N) is 1. The highest BCUT2D eigenvalue weighted by atomic mass is 35.5. The average Bonchev–Trinajstić information content (AvgIpc) is 2.57. The van der Waals surface area contributed by atoms with Crippen molar-refractivity contribution in [1.29, 1.82) is 0 Å². The van der Waals surface area contributed by atoms with Gasteiger partial charge in [0.25, 0.3) is 0 Å². The van der Waals surface area contributed by atoms with Crippen molar-refractivity contribution in [3.05, 3.63) is 28.5 Å². The second-order valence-electron chi connectivity index (χ2n) is 5.97. The van der Waals surface area contributed by atoms with Gasteiger partial charge in [0.15, 0.2) is 11.6 Å². The Morgan fingerprint density at radius 2 is 1.83 bits per heavy atom. The van der Waals surface area contributed by atoms with E-state index in [4.69, 9.17) is 16.3 Å². The fourth-order valence-electron chi connectivity index (χ4n) is 3.55. The molecule has 138 valence electrons. The predicted molar refractivity (Wildman–Crippen MR) is 98.3 cm³/mol. The van der Waals surface area contributed by atoms with Gasteiger partial charge in [-0.2, -0.15) is 0 Å². The van der Waals surface area contributed by atoms with Crippen LogP contribution in [0.25, 0.3) is 0 Å². The lowest BCUT2D eigenvalue weighted by atomic mass is 9.85. The summed E-state index contributed by atoms with van der Waals surface area (Å²) >= 11 is 6.33. The number of ether oxygens (including phenoxy) is 1. The molecule has 0 spiro atoms. The van der Waals surface area contributed by atoms with Crippen molar-refractivity contribution < 1.29 is 14.2 Å². The molecule has 0 aromatic heterocycles. The zero-order chi connectivity index (χ0) is 15.5. The number of benzene rings is 1. The second kappa shape index (κ2) is 10.00. The lowest BCUT2D eigenvalue weighted by Gasteiger charge is -2.41. The minimum atomic E-state index is -0.605. The van der Waals surface area contributed by atoms with E-state index in [2.05, 4.69) is 10.2 Å². The molecule has 0 bridgehead atoms. The number of aromatic hydroxyl groups is 1. The minimum absolute atomic E-state index is 0. The number of nitrogens with one attached hydrogen (secondary N) is 1. The van der Waals surface area contributed by atoms with E-state index in [9.17, 15) is 9.50 Å². The number of hydrogen-bond donors (Lipinski definition) is 2. The van der Waals surface area contributed by atoms with Crippen molar-refractivity contribution in [2.24, 2.45) is 5.92 Å². The lowest BCUT2D eigenvalue weighted by molar-refractivity contribution is 0.0205. The van der Waals surface area contributed by atoms with Crippen molar-refractivity contribution in [1.82, 2.24) is 10.2 Å². The third-order valence-electron chi connectivity index (χ3n) is 4.67.